The molecule has 3 rings (SSSR count). The normalized spacial score (nSPS) is 20.4. The van der Waals surface area contributed by atoms with Crippen molar-refractivity contribution >= 4 is 17.5 Å². The lowest BCUT2D eigenvalue weighted by Gasteiger charge is -2.20. The highest BCUT2D eigenvalue weighted by molar-refractivity contribution is 6.06. The van der Waals surface area contributed by atoms with Gasteiger partial charge >= 0.3 is 6.03 Å². The second-order valence-corrected chi connectivity index (χ2v) is 7.05. The summed E-state index contributed by atoms with van der Waals surface area (Å²) in [6.45, 7) is 3.21. The van der Waals surface area contributed by atoms with Gasteiger partial charge in [-0.2, -0.15) is 0 Å². The number of imide groups is 1. The van der Waals surface area contributed by atoms with E-state index in [0.717, 1.165) is 29.7 Å². The number of hydrogen-bond acceptors (Lipinski definition) is 4. The van der Waals surface area contributed by atoms with E-state index in [4.69, 9.17) is 4.74 Å². The standard InChI is InChI=1S/C19H24N2O4/c1-19(2)17(23)21(18(24)20-19)11-14(22)12-25-16-10-6-5-9-15(16)13-7-3-4-8-13/h5-7,9-10,14,22H,3-4,8,11-12H2,1-2H3,(H,20,24). The fourth-order valence-corrected chi connectivity index (χ4v) is 3.21. The number of rotatable bonds is 6. The van der Waals surface area contributed by atoms with Crippen molar-refractivity contribution in [3.8, 4) is 5.75 Å². The van der Waals surface area contributed by atoms with Gasteiger partial charge in [-0.05, 0) is 44.7 Å². The maximum atomic E-state index is 12.2. The van der Waals surface area contributed by atoms with Crippen molar-refractivity contribution in [2.45, 2.75) is 44.8 Å². The summed E-state index contributed by atoms with van der Waals surface area (Å²) in [6.07, 6.45) is 4.52. The van der Waals surface area contributed by atoms with Crippen LogP contribution in [0.2, 0.25) is 0 Å². The highest BCUT2D eigenvalue weighted by Gasteiger charge is 2.44. The maximum Gasteiger partial charge on any atom is 0.325 e. The highest BCUT2D eigenvalue weighted by Crippen LogP contribution is 2.33. The van der Waals surface area contributed by atoms with Gasteiger partial charge in [-0.3, -0.25) is 9.69 Å². The lowest BCUT2D eigenvalue weighted by atomic mass is 10.0. The third kappa shape index (κ3) is 3.69. The number of aliphatic hydroxyl groups excluding tert-OH is 1. The zero-order chi connectivity index (χ0) is 18.0. The number of nitrogens with one attached hydrogen (secondary N) is 1. The number of ether oxygens (including phenoxy) is 1. The van der Waals surface area contributed by atoms with Crippen molar-refractivity contribution in [1.29, 1.82) is 0 Å². The Morgan fingerprint density at radius 2 is 2.08 bits per heavy atom. The molecule has 1 fully saturated rings. The van der Waals surface area contributed by atoms with Gasteiger partial charge in [0.05, 0.1) is 6.54 Å². The molecule has 3 amide bonds. The van der Waals surface area contributed by atoms with Gasteiger partial charge in [0.25, 0.3) is 5.91 Å². The first kappa shape index (κ1) is 17.5. The smallest absolute Gasteiger partial charge is 0.325 e. The average Bonchev–Trinajstić information content (AvgIpc) is 3.16. The molecule has 1 heterocycles. The van der Waals surface area contributed by atoms with Crippen LogP contribution in [0.5, 0.6) is 5.75 Å². The third-order valence-electron chi connectivity index (χ3n) is 4.54. The lowest BCUT2D eigenvalue weighted by molar-refractivity contribution is -0.131. The van der Waals surface area contributed by atoms with Crippen LogP contribution in [0.15, 0.2) is 30.3 Å². The van der Waals surface area contributed by atoms with Gasteiger partial charge in [-0.25, -0.2) is 4.79 Å². The maximum absolute atomic E-state index is 12.2. The molecule has 2 aliphatic rings. The molecule has 134 valence electrons. The zero-order valence-corrected chi connectivity index (χ0v) is 14.6. The van der Waals surface area contributed by atoms with Crippen LogP contribution in [0.3, 0.4) is 0 Å². The topological polar surface area (TPSA) is 78.9 Å². The summed E-state index contributed by atoms with van der Waals surface area (Å²) >= 11 is 0. The molecular weight excluding hydrogens is 320 g/mol. The van der Waals surface area contributed by atoms with Crippen LogP contribution >= 0.6 is 0 Å². The fraction of sp³-hybridized carbons (Fsp3) is 0.474. The highest BCUT2D eigenvalue weighted by atomic mass is 16.5. The first-order valence-electron chi connectivity index (χ1n) is 8.62. The van der Waals surface area contributed by atoms with Crippen LogP contribution in [0.25, 0.3) is 5.57 Å². The van der Waals surface area contributed by atoms with Crippen molar-refractivity contribution in [1.82, 2.24) is 10.2 Å². The number of benzene rings is 1. The Morgan fingerprint density at radius 3 is 2.72 bits per heavy atom. The molecule has 6 nitrogen and oxygen atoms in total. The van der Waals surface area contributed by atoms with Crippen LogP contribution < -0.4 is 10.1 Å². The molecule has 6 heteroatoms. The van der Waals surface area contributed by atoms with E-state index in [9.17, 15) is 14.7 Å². The molecule has 25 heavy (non-hydrogen) atoms. The van der Waals surface area contributed by atoms with Gasteiger partial charge in [0, 0.05) is 5.56 Å². The van der Waals surface area contributed by atoms with Gasteiger partial charge in [-0.15, -0.1) is 0 Å². The van der Waals surface area contributed by atoms with Gasteiger partial charge in [0.15, 0.2) is 0 Å². The summed E-state index contributed by atoms with van der Waals surface area (Å²) in [7, 11) is 0. The number of β-amino-alcohol motifs (C(OH)–C–C–N with tert-alkyl or cyclic N) is 1. The number of carbonyl (C=O) groups is 2. The Balaban J connectivity index is 1.61. The summed E-state index contributed by atoms with van der Waals surface area (Å²) in [4.78, 5) is 25.1. The van der Waals surface area contributed by atoms with Crippen LogP contribution in [0.4, 0.5) is 4.79 Å². The predicted molar refractivity (Wildman–Crippen MR) is 94.1 cm³/mol. The molecule has 0 aromatic heterocycles. The van der Waals surface area contributed by atoms with Crippen LogP contribution in [0.1, 0.15) is 38.7 Å². The van der Waals surface area contributed by atoms with Crippen molar-refractivity contribution in [3.05, 3.63) is 35.9 Å². The van der Waals surface area contributed by atoms with Gasteiger partial charge in [-0.1, -0.05) is 24.3 Å². The molecule has 0 spiro atoms. The van der Waals surface area contributed by atoms with Crippen molar-refractivity contribution in [2.24, 2.45) is 0 Å². The minimum atomic E-state index is -0.950. The van der Waals surface area contributed by atoms with E-state index >= 15 is 0 Å². The Bertz CT molecular complexity index is 711. The zero-order valence-electron chi connectivity index (χ0n) is 14.6. The molecule has 1 aromatic carbocycles. The lowest BCUT2D eigenvalue weighted by Crippen LogP contribution is -2.42. The number of hydrogen-bond donors (Lipinski definition) is 2. The molecule has 0 radical (unpaired) electrons. The molecule has 2 N–H and O–H groups in total. The Labute approximate surface area is 147 Å². The van der Waals surface area contributed by atoms with Crippen LogP contribution in [-0.4, -0.2) is 46.7 Å². The number of carbonyl (C=O) groups excluding carboxylic acids is 2. The minimum absolute atomic E-state index is 0.0157. The van der Waals surface area contributed by atoms with E-state index in [1.807, 2.05) is 24.3 Å². The Morgan fingerprint density at radius 1 is 1.32 bits per heavy atom. The number of allylic oxidation sites excluding steroid dienone is 2. The summed E-state index contributed by atoms with van der Waals surface area (Å²) in [5.74, 6) is 0.375. The largest absolute Gasteiger partial charge is 0.490 e. The summed E-state index contributed by atoms with van der Waals surface area (Å²) in [5.41, 5.74) is 1.38. The first-order chi connectivity index (χ1) is 11.9. The van der Waals surface area contributed by atoms with E-state index < -0.39 is 17.7 Å². The monoisotopic (exact) mass is 344 g/mol. The van der Waals surface area contributed by atoms with Crippen molar-refractivity contribution < 1.29 is 19.4 Å². The van der Waals surface area contributed by atoms with E-state index in [2.05, 4.69) is 11.4 Å². The number of para-hydroxylation sites is 1. The number of nitrogens with zero attached hydrogens (tertiary/aromatic N) is 1. The van der Waals surface area contributed by atoms with Crippen LogP contribution in [0, 0.1) is 0 Å². The predicted octanol–water partition coefficient (Wildman–Crippen LogP) is 2.32. The second-order valence-electron chi connectivity index (χ2n) is 7.05. The average molecular weight is 344 g/mol. The van der Waals surface area contributed by atoms with Crippen molar-refractivity contribution in [3.63, 3.8) is 0 Å². The van der Waals surface area contributed by atoms with Crippen LogP contribution in [-0.2, 0) is 4.79 Å². The Kier molecular flexibility index (Phi) is 4.81. The number of aliphatic hydroxyl groups is 1. The van der Waals surface area contributed by atoms with Gasteiger partial charge < -0.3 is 15.2 Å². The minimum Gasteiger partial charge on any atom is -0.490 e. The number of urea groups is 1. The molecule has 1 atom stereocenters. The SMILES string of the molecule is CC1(C)NC(=O)N(CC(O)COc2ccccc2C2=CCCC2)C1=O. The van der Waals surface area contributed by atoms with E-state index in [1.54, 1.807) is 13.8 Å². The quantitative estimate of drug-likeness (QED) is 0.776. The molecule has 0 bridgehead atoms. The number of amides is 3. The first-order valence-corrected chi connectivity index (χ1v) is 8.62. The van der Waals surface area contributed by atoms with E-state index in [-0.39, 0.29) is 19.1 Å². The Hall–Kier alpha value is -2.34. The molecule has 1 aliphatic carbocycles. The fourth-order valence-electron chi connectivity index (χ4n) is 3.21. The molecule has 0 saturated carbocycles. The van der Waals surface area contributed by atoms with Gasteiger partial charge in [0.2, 0.25) is 0 Å². The summed E-state index contributed by atoms with van der Waals surface area (Å²) in [6, 6.07) is 7.26. The molecule has 1 saturated heterocycles. The van der Waals surface area contributed by atoms with E-state index in [0.29, 0.717) is 5.75 Å². The molecule has 1 aliphatic heterocycles. The molecule has 1 aromatic rings. The van der Waals surface area contributed by atoms with Crippen molar-refractivity contribution in [2.75, 3.05) is 13.2 Å². The van der Waals surface area contributed by atoms with E-state index in [1.165, 1.54) is 5.57 Å². The second kappa shape index (κ2) is 6.88. The third-order valence-corrected chi connectivity index (χ3v) is 4.54. The van der Waals surface area contributed by atoms with Gasteiger partial charge in [0.1, 0.15) is 24.0 Å². The molecule has 1 unspecified atom stereocenters. The molecular formula is C19H24N2O4. The summed E-state index contributed by atoms with van der Waals surface area (Å²) < 4.78 is 5.78. The summed E-state index contributed by atoms with van der Waals surface area (Å²) in [5, 5.41) is 12.8.